The summed E-state index contributed by atoms with van der Waals surface area (Å²) < 4.78 is 44.2. The van der Waals surface area contributed by atoms with Crippen LogP contribution in [0.3, 0.4) is 0 Å². The highest BCUT2D eigenvalue weighted by molar-refractivity contribution is 7.89. The van der Waals surface area contributed by atoms with Crippen LogP contribution >= 0.6 is 0 Å². The Bertz CT molecular complexity index is 767. The Kier molecular flexibility index (Phi) is 6.32. The van der Waals surface area contributed by atoms with Crippen molar-refractivity contribution >= 4 is 21.9 Å². The highest BCUT2D eigenvalue weighted by atomic mass is 32.2. The number of nitrogens with zero attached hydrogens (tertiary/aromatic N) is 1. The number of likely N-dealkylation sites (tertiary alicyclic amines) is 1. The molecule has 1 atom stereocenters. The van der Waals surface area contributed by atoms with Crippen LogP contribution in [0.4, 0.5) is 4.39 Å². The van der Waals surface area contributed by atoms with Gasteiger partial charge in [0.1, 0.15) is 11.2 Å². The summed E-state index contributed by atoms with van der Waals surface area (Å²) in [5, 5.41) is 9.39. The standard InChI is InChI=1S/C16H21FN2O6S/c1-25-11-16(15(21)22)7-9-19(10-16)14(20)6-8-18-26(23,24)13-4-2-12(17)3-5-13/h2-5,18H,6-11H2,1H3,(H,21,22). The van der Waals surface area contributed by atoms with Crippen molar-refractivity contribution in [2.45, 2.75) is 17.7 Å². The number of aliphatic carboxylic acids is 1. The second kappa shape index (κ2) is 8.11. The third kappa shape index (κ3) is 4.57. The average molecular weight is 388 g/mol. The summed E-state index contributed by atoms with van der Waals surface area (Å²) in [6.45, 7) is 0.168. The van der Waals surface area contributed by atoms with Crippen LogP contribution in [-0.2, 0) is 24.3 Å². The molecule has 144 valence electrons. The molecule has 1 saturated heterocycles. The molecule has 10 heteroatoms. The van der Waals surface area contributed by atoms with Crippen LogP contribution in [0.5, 0.6) is 0 Å². The highest BCUT2D eigenvalue weighted by Crippen LogP contribution is 2.31. The number of carboxylic acid groups (broad SMARTS) is 1. The van der Waals surface area contributed by atoms with Crippen molar-refractivity contribution in [1.82, 2.24) is 9.62 Å². The first-order valence-electron chi connectivity index (χ1n) is 7.95. The van der Waals surface area contributed by atoms with E-state index in [-0.39, 0.29) is 49.9 Å². The van der Waals surface area contributed by atoms with Gasteiger partial charge in [-0.15, -0.1) is 0 Å². The van der Waals surface area contributed by atoms with E-state index in [4.69, 9.17) is 4.74 Å². The maximum Gasteiger partial charge on any atom is 0.313 e. The molecule has 1 aliphatic rings. The Hall–Kier alpha value is -2.04. The Labute approximate surface area is 151 Å². The van der Waals surface area contributed by atoms with Crippen LogP contribution < -0.4 is 4.72 Å². The molecule has 1 unspecified atom stereocenters. The second-order valence-corrected chi connectivity index (χ2v) is 7.95. The normalized spacial score (nSPS) is 20.3. The number of sulfonamides is 1. The van der Waals surface area contributed by atoms with Crippen LogP contribution in [0.25, 0.3) is 0 Å². The van der Waals surface area contributed by atoms with Crippen molar-refractivity contribution in [2.75, 3.05) is 33.4 Å². The molecule has 0 aliphatic carbocycles. The molecule has 0 bridgehead atoms. The van der Waals surface area contributed by atoms with Gasteiger partial charge < -0.3 is 14.7 Å². The Morgan fingerprint density at radius 3 is 2.58 bits per heavy atom. The monoisotopic (exact) mass is 388 g/mol. The quantitative estimate of drug-likeness (QED) is 0.668. The SMILES string of the molecule is COCC1(C(=O)O)CCN(C(=O)CCNS(=O)(=O)c2ccc(F)cc2)C1. The minimum Gasteiger partial charge on any atom is -0.481 e. The van der Waals surface area contributed by atoms with Gasteiger partial charge in [-0.1, -0.05) is 0 Å². The number of halogens is 1. The molecule has 8 nitrogen and oxygen atoms in total. The van der Waals surface area contributed by atoms with Gasteiger partial charge in [-0.25, -0.2) is 17.5 Å². The summed E-state index contributed by atoms with van der Waals surface area (Å²) in [7, 11) is -2.44. The molecule has 2 rings (SSSR count). The van der Waals surface area contributed by atoms with Crippen LogP contribution in [0.1, 0.15) is 12.8 Å². The summed E-state index contributed by atoms with van der Waals surface area (Å²) >= 11 is 0. The number of methoxy groups -OCH3 is 1. The van der Waals surface area contributed by atoms with E-state index in [0.717, 1.165) is 24.3 Å². The van der Waals surface area contributed by atoms with Crippen molar-refractivity contribution in [3.05, 3.63) is 30.1 Å². The zero-order chi connectivity index (χ0) is 19.4. The lowest BCUT2D eigenvalue weighted by Gasteiger charge is -2.23. The molecule has 1 aromatic carbocycles. The molecule has 0 spiro atoms. The molecule has 0 radical (unpaired) electrons. The fraction of sp³-hybridized carbons (Fsp3) is 0.500. The number of benzene rings is 1. The molecule has 26 heavy (non-hydrogen) atoms. The fourth-order valence-corrected chi connectivity index (χ4v) is 3.90. The number of amides is 1. The van der Waals surface area contributed by atoms with Gasteiger partial charge in [0.05, 0.1) is 11.5 Å². The van der Waals surface area contributed by atoms with Gasteiger partial charge in [-0.2, -0.15) is 0 Å². The largest absolute Gasteiger partial charge is 0.481 e. The topological polar surface area (TPSA) is 113 Å². The third-order valence-electron chi connectivity index (χ3n) is 4.34. The van der Waals surface area contributed by atoms with Crippen molar-refractivity contribution in [3.8, 4) is 0 Å². The maximum atomic E-state index is 12.9. The van der Waals surface area contributed by atoms with E-state index in [1.165, 1.54) is 12.0 Å². The van der Waals surface area contributed by atoms with E-state index in [2.05, 4.69) is 4.72 Å². The first-order valence-corrected chi connectivity index (χ1v) is 9.44. The molecule has 0 aromatic heterocycles. The van der Waals surface area contributed by atoms with E-state index in [0.29, 0.717) is 0 Å². The lowest BCUT2D eigenvalue weighted by Crippen LogP contribution is -2.40. The van der Waals surface area contributed by atoms with Gasteiger partial charge >= 0.3 is 5.97 Å². The minimum atomic E-state index is -3.84. The van der Waals surface area contributed by atoms with Crippen molar-refractivity contribution < 1.29 is 32.2 Å². The maximum absolute atomic E-state index is 12.9. The number of rotatable bonds is 8. The van der Waals surface area contributed by atoms with Crippen molar-refractivity contribution in [2.24, 2.45) is 5.41 Å². The van der Waals surface area contributed by atoms with E-state index >= 15 is 0 Å². The molecule has 1 amide bonds. The number of ether oxygens (including phenoxy) is 1. The molecule has 1 aliphatic heterocycles. The van der Waals surface area contributed by atoms with Gasteiger partial charge in [0.15, 0.2) is 0 Å². The predicted octanol–water partition coefficient (Wildman–Crippen LogP) is 0.444. The van der Waals surface area contributed by atoms with Gasteiger partial charge in [-0.05, 0) is 30.7 Å². The summed E-state index contributed by atoms with van der Waals surface area (Å²) in [5.41, 5.74) is -1.13. The number of hydrogen-bond donors (Lipinski definition) is 2. The first-order chi connectivity index (χ1) is 12.2. The van der Waals surface area contributed by atoms with Crippen LogP contribution in [-0.4, -0.2) is 63.7 Å². The molecule has 1 fully saturated rings. The summed E-state index contributed by atoms with van der Waals surface area (Å²) in [6, 6.07) is 4.33. The summed E-state index contributed by atoms with van der Waals surface area (Å²) in [6.07, 6.45) is 0.173. The number of nitrogens with one attached hydrogen (secondary N) is 1. The zero-order valence-electron chi connectivity index (χ0n) is 14.3. The second-order valence-electron chi connectivity index (χ2n) is 6.19. The fourth-order valence-electron chi connectivity index (χ4n) is 2.86. The van der Waals surface area contributed by atoms with Crippen LogP contribution in [0.2, 0.25) is 0 Å². The smallest absolute Gasteiger partial charge is 0.313 e. The van der Waals surface area contributed by atoms with E-state index < -0.39 is 27.2 Å². The van der Waals surface area contributed by atoms with E-state index in [9.17, 15) is 27.5 Å². The molecule has 0 saturated carbocycles. The Balaban J connectivity index is 1.89. The number of carbonyl (C=O) groups is 2. The van der Waals surface area contributed by atoms with Gasteiger partial charge in [-0.3, -0.25) is 9.59 Å². The molecular formula is C16H21FN2O6S. The Morgan fingerprint density at radius 2 is 2.00 bits per heavy atom. The van der Waals surface area contributed by atoms with Gasteiger partial charge in [0, 0.05) is 33.2 Å². The molecule has 2 N–H and O–H groups in total. The van der Waals surface area contributed by atoms with E-state index in [1.807, 2.05) is 0 Å². The van der Waals surface area contributed by atoms with Gasteiger partial charge in [0.2, 0.25) is 15.9 Å². The van der Waals surface area contributed by atoms with E-state index in [1.54, 1.807) is 0 Å². The summed E-state index contributed by atoms with van der Waals surface area (Å²) in [4.78, 5) is 25.0. The van der Waals surface area contributed by atoms with Crippen LogP contribution in [0, 0.1) is 11.2 Å². The number of carbonyl (C=O) groups excluding carboxylic acids is 1. The lowest BCUT2D eigenvalue weighted by molar-refractivity contribution is -0.151. The van der Waals surface area contributed by atoms with Crippen molar-refractivity contribution in [1.29, 1.82) is 0 Å². The van der Waals surface area contributed by atoms with Gasteiger partial charge in [0.25, 0.3) is 0 Å². The minimum absolute atomic E-state index is 0.00328. The summed E-state index contributed by atoms with van der Waals surface area (Å²) in [5.74, 6) is -1.91. The predicted molar refractivity (Wildman–Crippen MR) is 89.3 cm³/mol. The molecule has 1 heterocycles. The lowest BCUT2D eigenvalue weighted by atomic mass is 9.88. The molecule has 1 aromatic rings. The number of hydrogen-bond acceptors (Lipinski definition) is 5. The van der Waals surface area contributed by atoms with Crippen molar-refractivity contribution in [3.63, 3.8) is 0 Å². The average Bonchev–Trinajstić information content (AvgIpc) is 3.01. The Morgan fingerprint density at radius 1 is 1.35 bits per heavy atom. The third-order valence-corrected chi connectivity index (χ3v) is 5.81. The van der Waals surface area contributed by atoms with Crippen LogP contribution in [0.15, 0.2) is 29.2 Å². The zero-order valence-corrected chi connectivity index (χ0v) is 15.1. The first kappa shape index (κ1) is 20.3. The number of carboxylic acids is 1. The highest BCUT2D eigenvalue weighted by Gasteiger charge is 2.46. The molecular weight excluding hydrogens is 367 g/mol.